The lowest BCUT2D eigenvalue weighted by molar-refractivity contribution is -0.124. The van der Waals surface area contributed by atoms with Gasteiger partial charge in [0, 0.05) is 5.92 Å². The van der Waals surface area contributed by atoms with Crippen molar-refractivity contribution in [3.05, 3.63) is 0 Å². The van der Waals surface area contributed by atoms with Crippen molar-refractivity contribution in [2.24, 2.45) is 22.7 Å². The first-order chi connectivity index (χ1) is 6.56. The summed E-state index contributed by atoms with van der Waals surface area (Å²) in [5.74, 6) is 0.298. The van der Waals surface area contributed by atoms with Crippen LogP contribution in [0.4, 0.5) is 0 Å². The standard InChI is InChI=1S/C9H17N3O2/c1-5(2)9(13)11-7(6-3-4-6)8(10)12-14/h5-7,14H,3-4H2,1-2H3,(H2,10,12)(H,11,13). The first kappa shape index (κ1) is 10.8. The van der Waals surface area contributed by atoms with Gasteiger partial charge in [0.05, 0.1) is 6.04 Å². The fourth-order valence-electron chi connectivity index (χ4n) is 1.24. The predicted molar refractivity (Wildman–Crippen MR) is 52.9 cm³/mol. The number of nitrogens with one attached hydrogen (secondary N) is 1. The summed E-state index contributed by atoms with van der Waals surface area (Å²) in [6, 6.07) is -0.296. The molecule has 0 aliphatic heterocycles. The molecule has 4 N–H and O–H groups in total. The lowest BCUT2D eigenvalue weighted by Gasteiger charge is -2.17. The SMILES string of the molecule is CC(C)C(=O)NC(C(N)=NO)C1CC1. The van der Waals surface area contributed by atoms with E-state index in [0.717, 1.165) is 12.8 Å². The highest BCUT2D eigenvalue weighted by molar-refractivity contribution is 5.90. The molecule has 1 rings (SSSR count). The Morgan fingerprint density at radius 1 is 1.57 bits per heavy atom. The van der Waals surface area contributed by atoms with Crippen molar-refractivity contribution in [1.29, 1.82) is 0 Å². The van der Waals surface area contributed by atoms with Crippen LogP contribution in [-0.2, 0) is 4.79 Å². The van der Waals surface area contributed by atoms with Gasteiger partial charge in [-0.1, -0.05) is 19.0 Å². The number of oxime groups is 1. The average molecular weight is 199 g/mol. The van der Waals surface area contributed by atoms with Gasteiger partial charge in [-0.15, -0.1) is 0 Å². The van der Waals surface area contributed by atoms with Crippen molar-refractivity contribution in [1.82, 2.24) is 5.32 Å². The normalized spacial score (nSPS) is 19.5. The van der Waals surface area contributed by atoms with E-state index in [1.54, 1.807) is 0 Å². The molecule has 0 aromatic carbocycles. The summed E-state index contributed by atoms with van der Waals surface area (Å²) in [6.07, 6.45) is 2.05. The zero-order valence-electron chi connectivity index (χ0n) is 8.53. The summed E-state index contributed by atoms with van der Waals surface area (Å²) in [4.78, 5) is 11.4. The first-order valence-corrected chi connectivity index (χ1v) is 4.84. The third-order valence-electron chi connectivity index (χ3n) is 2.35. The molecular formula is C9H17N3O2. The van der Waals surface area contributed by atoms with Gasteiger partial charge >= 0.3 is 0 Å². The van der Waals surface area contributed by atoms with Crippen LogP contribution in [0, 0.1) is 11.8 Å². The molecule has 1 saturated carbocycles. The maximum absolute atomic E-state index is 11.4. The van der Waals surface area contributed by atoms with Gasteiger partial charge in [0.1, 0.15) is 0 Å². The summed E-state index contributed by atoms with van der Waals surface area (Å²) < 4.78 is 0. The van der Waals surface area contributed by atoms with E-state index in [1.807, 2.05) is 13.8 Å². The Labute approximate surface area is 83.3 Å². The predicted octanol–water partition coefficient (Wildman–Crippen LogP) is 0.284. The molecule has 5 nitrogen and oxygen atoms in total. The molecule has 0 radical (unpaired) electrons. The topological polar surface area (TPSA) is 87.7 Å². The van der Waals surface area contributed by atoms with Gasteiger partial charge in [-0.3, -0.25) is 4.79 Å². The highest BCUT2D eigenvalue weighted by Crippen LogP contribution is 2.32. The molecule has 0 bridgehead atoms. The number of amides is 1. The van der Waals surface area contributed by atoms with E-state index < -0.39 is 0 Å². The van der Waals surface area contributed by atoms with Crippen molar-refractivity contribution in [2.45, 2.75) is 32.7 Å². The number of hydrogen-bond donors (Lipinski definition) is 3. The molecule has 14 heavy (non-hydrogen) atoms. The Hall–Kier alpha value is -1.26. The molecule has 1 aliphatic carbocycles. The van der Waals surface area contributed by atoms with Gasteiger partial charge < -0.3 is 16.3 Å². The molecule has 0 aromatic rings. The van der Waals surface area contributed by atoms with Gasteiger partial charge in [0.2, 0.25) is 5.91 Å². The Morgan fingerprint density at radius 2 is 2.14 bits per heavy atom. The summed E-state index contributed by atoms with van der Waals surface area (Å²) >= 11 is 0. The van der Waals surface area contributed by atoms with E-state index in [4.69, 9.17) is 10.9 Å². The molecule has 1 unspecified atom stereocenters. The molecule has 0 heterocycles. The van der Waals surface area contributed by atoms with E-state index in [-0.39, 0.29) is 23.7 Å². The van der Waals surface area contributed by atoms with Gasteiger partial charge in [0.25, 0.3) is 0 Å². The van der Waals surface area contributed by atoms with Crippen LogP contribution in [0.25, 0.3) is 0 Å². The molecule has 80 valence electrons. The Morgan fingerprint density at radius 3 is 2.50 bits per heavy atom. The van der Waals surface area contributed by atoms with Crippen LogP contribution in [0.5, 0.6) is 0 Å². The van der Waals surface area contributed by atoms with Crippen molar-refractivity contribution in [2.75, 3.05) is 0 Å². The number of carbonyl (C=O) groups excluding carboxylic acids is 1. The minimum Gasteiger partial charge on any atom is -0.409 e. The van der Waals surface area contributed by atoms with Crippen molar-refractivity contribution < 1.29 is 10.0 Å². The van der Waals surface area contributed by atoms with Crippen LogP contribution in [0.3, 0.4) is 0 Å². The van der Waals surface area contributed by atoms with Crippen LogP contribution in [0.15, 0.2) is 5.16 Å². The molecule has 5 heteroatoms. The number of nitrogens with two attached hydrogens (primary N) is 1. The van der Waals surface area contributed by atoms with E-state index >= 15 is 0 Å². The molecule has 1 amide bonds. The van der Waals surface area contributed by atoms with Gasteiger partial charge in [0.15, 0.2) is 5.84 Å². The highest BCUT2D eigenvalue weighted by atomic mass is 16.4. The summed E-state index contributed by atoms with van der Waals surface area (Å²) in [5.41, 5.74) is 5.49. The molecule has 0 saturated heterocycles. The molecule has 1 atom stereocenters. The first-order valence-electron chi connectivity index (χ1n) is 4.84. The Kier molecular flexibility index (Phi) is 3.33. The van der Waals surface area contributed by atoms with E-state index in [1.165, 1.54) is 0 Å². The van der Waals surface area contributed by atoms with Crippen molar-refractivity contribution >= 4 is 11.7 Å². The summed E-state index contributed by atoms with van der Waals surface area (Å²) in [5, 5.41) is 14.3. The average Bonchev–Trinajstić information content (AvgIpc) is 2.95. The summed E-state index contributed by atoms with van der Waals surface area (Å²) in [7, 11) is 0. The number of carbonyl (C=O) groups is 1. The third kappa shape index (κ3) is 2.61. The monoisotopic (exact) mass is 199 g/mol. The molecule has 1 aliphatic rings. The number of amidine groups is 1. The number of hydrogen-bond acceptors (Lipinski definition) is 3. The zero-order chi connectivity index (χ0) is 10.7. The molecular weight excluding hydrogens is 182 g/mol. The second-order valence-electron chi connectivity index (χ2n) is 4.00. The van der Waals surface area contributed by atoms with Crippen LogP contribution >= 0.6 is 0 Å². The number of rotatable bonds is 4. The maximum atomic E-state index is 11.4. The summed E-state index contributed by atoms with van der Waals surface area (Å²) in [6.45, 7) is 3.62. The minimum absolute atomic E-state index is 0.0616. The van der Waals surface area contributed by atoms with Crippen molar-refractivity contribution in [3.8, 4) is 0 Å². The van der Waals surface area contributed by atoms with Crippen LogP contribution in [0.2, 0.25) is 0 Å². The minimum atomic E-state index is -0.296. The largest absolute Gasteiger partial charge is 0.409 e. The lowest BCUT2D eigenvalue weighted by Crippen LogP contribution is -2.47. The fraction of sp³-hybridized carbons (Fsp3) is 0.778. The van der Waals surface area contributed by atoms with Gasteiger partial charge in [-0.2, -0.15) is 0 Å². The second kappa shape index (κ2) is 4.30. The van der Waals surface area contributed by atoms with Crippen LogP contribution < -0.4 is 11.1 Å². The van der Waals surface area contributed by atoms with Gasteiger partial charge in [-0.05, 0) is 18.8 Å². The van der Waals surface area contributed by atoms with Crippen LogP contribution in [0.1, 0.15) is 26.7 Å². The zero-order valence-corrected chi connectivity index (χ0v) is 8.53. The fourth-order valence-corrected chi connectivity index (χ4v) is 1.24. The van der Waals surface area contributed by atoms with Gasteiger partial charge in [-0.25, -0.2) is 0 Å². The van der Waals surface area contributed by atoms with Crippen LogP contribution in [-0.4, -0.2) is 23.0 Å². The van der Waals surface area contributed by atoms with E-state index in [2.05, 4.69) is 10.5 Å². The van der Waals surface area contributed by atoms with Crippen molar-refractivity contribution in [3.63, 3.8) is 0 Å². The Balaban J connectivity index is 2.56. The molecule has 1 fully saturated rings. The number of nitrogens with zero attached hydrogens (tertiary/aromatic N) is 1. The van der Waals surface area contributed by atoms with E-state index in [9.17, 15) is 4.79 Å². The maximum Gasteiger partial charge on any atom is 0.223 e. The quantitative estimate of drug-likeness (QED) is 0.263. The Bertz CT molecular complexity index is 246. The molecule has 0 aromatic heterocycles. The lowest BCUT2D eigenvalue weighted by atomic mass is 10.1. The molecule has 0 spiro atoms. The third-order valence-corrected chi connectivity index (χ3v) is 2.35. The van der Waals surface area contributed by atoms with E-state index in [0.29, 0.717) is 5.92 Å². The highest BCUT2D eigenvalue weighted by Gasteiger charge is 2.35. The second-order valence-corrected chi connectivity index (χ2v) is 4.00. The smallest absolute Gasteiger partial charge is 0.223 e.